The molecule has 3 atom stereocenters. The molecule has 4 heteroatoms. The second-order valence-electron chi connectivity index (χ2n) is 7.14. The fourth-order valence-electron chi connectivity index (χ4n) is 4.28. The monoisotopic (exact) mass is 318 g/mol. The zero-order valence-electron chi connectivity index (χ0n) is 12.8. The summed E-state index contributed by atoms with van der Waals surface area (Å²) in [6.45, 7) is 2.35. The van der Waals surface area contributed by atoms with Gasteiger partial charge in [0.1, 0.15) is 0 Å². The molecule has 1 aromatic carbocycles. The maximum atomic E-state index is 12.5. The summed E-state index contributed by atoms with van der Waals surface area (Å²) < 4.78 is 0. The number of likely N-dealkylation sites (tertiary alicyclic amines) is 1. The summed E-state index contributed by atoms with van der Waals surface area (Å²) in [6, 6.07) is 8.39. The van der Waals surface area contributed by atoms with Crippen LogP contribution in [0.4, 0.5) is 0 Å². The van der Waals surface area contributed by atoms with Crippen LogP contribution in [0.3, 0.4) is 0 Å². The van der Waals surface area contributed by atoms with E-state index in [1.807, 2.05) is 12.1 Å². The van der Waals surface area contributed by atoms with Crippen LogP contribution >= 0.6 is 11.6 Å². The quantitative estimate of drug-likeness (QED) is 0.927. The standard InChI is InChI=1S/C18H23ClN2O/c19-15-6-4-12(5-7-15)18(22)20-17-13-2-1-3-14(17)11-21(10-13)16-8-9-16/h4-7,13-14,16-17H,1-3,8-11H2,(H,20,22)/t13-,14+,17?. The van der Waals surface area contributed by atoms with Gasteiger partial charge in [-0.25, -0.2) is 0 Å². The largest absolute Gasteiger partial charge is 0.349 e. The van der Waals surface area contributed by atoms with Gasteiger partial charge < -0.3 is 5.32 Å². The molecule has 118 valence electrons. The van der Waals surface area contributed by atoms with E-state index >= 15 is 0 Å². The molecule has 1 saturated heterocycles. The number of amides is 1. The molecule has 0 spiro atoms. The summed E-state index contributed by atoms with van der Waals surface area (Å²) in [7, 11) is 0. The molecule has 1 aromatic rings. The molecule has 1 heterocycles. The van der Waals surface area contributed by atoms with Crippen LogP contribution in [-0.2, 0) is 0 Å². The van der Waals surface area contributed by atoms with Gasteiger partial charge in [0.2, 0.25) is 0 Å². The van der Waals surface area contributed by atoms with E-state index in [1.165, 1.54) is 45.2 Å². The van der Waals surface area contributed by atoms with Gasteiger partial charge in [-0.3, -0.25) is 9.69 Å². The maximum absolute atomic E-state index is 12.5. The third-order valence-corrected chi connectivity index (χ3v) is 5.82. The Balaban J connectivity index is 1.45. The first-order valence-corrected chi connectivity index (χ1v) is 8.89. The Morgan fingerprint density at radius 3 is 2.27 bits per heavy atom. The van der Waals surface area contributed by atoms with E-state index in [4.69, 9.17) is 11.6 Å². The minimum absolute atomic E-state index is 0.0541. The molecule has 3 fully saturated rings. The molecule has 1 N–H and O–H groups in total. The molecule has 3 aliphatic rings. The summed E-state index contributed by atoms with van der Waals surface area (Å²) in [4.78, 5) is 15.2. The van der Waals surface area contributed by atoms with Crippen molar-refractivity contribution < 1.29 is 4.79 Å². The zero-order valence-corrected chi connectivity index (χ0v) is 13.6. The first-order valence-electron chi connectivity index (χ1n) is 8.51. The van der Waals surface area contributed by atoms with E-state index in [-0.39, 0.29) is 5.91 Å². The first-order chi connectivity index (χ1) is 10.7. The number of nitrogens with zero attached hydrogens (tertiary/aromatic N) is 1. The van der Waals surface area contributed by atoms with Crippen molar-refractivity contribution in [2.45, 2.75) is 44.2 Å². The van der Waals surface area contributed by atoms with Gasteiger partial charge in [0.25, 0.3) is 5.91 Å². The van der Waals surface area contributed by atoms with Gasteiger partial charge in [0.15, 0.2) is 0 Å². The van der Waals surface area contributed by atoms with Crippen LogP contribution < -0.4 is 5.32 Å². The molecule has 2 saturated carbocycles. The molecular weight excluding hydrogens is 296 g/mol. The SMILES string of the molecule is O=C(NC1[C@@H]2CCC[C@H]1CN(C1CC1)C2)c1ccc(Cl)cc1. The predicted octanol–water partition coefficient (Wildman–Crippen LogP) is 3.33. The van der Waals surface area contributed by atoms with Crippen LogP contribution in [0.2, 0.25) is 5.02 Å². The second kappa shape index (κ2) is 5.86. The number of benzene rings is 1. The van der Waals surface area contributed by atoms with Gasteiger partial charge in [-0.2, -0.15) is 0 Å². The van der Waals surface area contributed by atoms with Crippen LogP contribution in [0.25, 0.3) is 0 Å². The number of halogens is 1. The lowest BCUT2D eigenvalue weighted by atomic mass is 9.73. The first kappa shape index (κ1) is 14.5. The van der Waals surface area contributed by atoms with Crippen LogP contribution in [0.1, 0.15) is 42.5 Å². The van der Waals surface area contributed by atoms with Gasteiger partial charge in [0, 0.05) is 35.8 Å². The molecule has 2 bridgehead atoms. The summed E-state index contributed by atoms with van der Waals surface area (Å²) >= 11 is 5.90. The molecule has 1 aliphatic heterocycles. The van der Waals surface area contributed by atoms with Crippen molar-refractivity contribution in [1.29, 1.82) is 0 Å². The Morgan fingerprint density at radius 2 is 1.68 bits per heavy atom. The minimum atomic E-state index is 0.0541. The van der Waals surface area contributed by atoms with Crippen molar-refractivity contribution in [1.82, 2.24) is 10.2 Å². The van der Waals surface area contributed by atoms with E-state index in [0.29, 0.717) is 28.5 Å². The van der Waals surface area contributed by atoms with Gasteiger partial charge in [-0.15, -0.1) is 0 Å². The highest BCUT2D eigenvalue weighted by atomic mass is 35.5. The number of rotatable bonds is 3. The number of fused-ring (bicyclic) bond motifs is 2. The molecule has 2 aliphatic carbocycles. The lowest BCUT2D eigenvalue weighted by Gasteiger charge is -2.47. The Morgan fingerprint density at radius 1 is 1.05 bits per heavy atom. The molecule has 22 heavy (non-hydrogen) atoms. The van der Waals surface area contributed by atoms with E-state index < -0.39 is 0 Å². The zero-order chi connectivity index (χ0) is 15.1. The second-order valence-corrected chi connectivity index (χ2v) is 7.58. The van der Waals surface area contributed by atoms with Crippen molar-refractivity contribution in [2.24, 2.45) is 11.8 Å². The molecule has 1 amide bonds. The van der Waals surface area contributed by atoms with Gasteiger partial charge in [-0.05, 0) is 61.8 Å². The summed E-state index contributed by atoms with van der Waals surface area (Å²) in [6.07, 6.45) is 6.58. The third-order valence-electron chi connectivity index (χ3n) is 5.57. The van der Waals surface area contributed by atoms with Crippen molar-refractivity contribution in [3.05, 3.63) is 34.9 Å². The Kier molecular flexibility index (Phi) is 3.87. The van der Waals surface area contributed by atoms with Crippen LogP contribution in [0.5, 0.6) is 0 Å². The molecule has 0 radical (unpaired) electrons. The average molecular weight is 319 g/mol. The lowest BCUT2D eigenvalue weighted by molar-refractivity contribution is 0.0389. The number of carbonyl (C=O) groups is 1. The van der Waals surface area contributed by atoms with Gasteiger partial charge in [0.05, 0.1) is 0 Å². The van der Waals surface area contributed by atoms with Crippen LogP contribution in [0.15, 0.2) is 24.3 Å². The molecule has 3 nitrogen and oxygen atoms in total. The van der Waals surface area contributed by atoms with Crippen molar-refractivity contribution >= 4 is 17.5 Å². The Bertz CT molecular complexity index is 541. The van der Waals surface area contributed by atoms with Crippen LogP contribution in [-0.4, -0.2) is 36.0 Å². The highest BCUT2D eigenvalue weighted by Gasteiger charge is 2.43. The lowest BCUT2D eigenvalue weighted by Crippen LogP contribution is -2.58. The molecule has 4 rings (SSSR count). The molecule has 0 aromatic heterocycles. The third kappa shape index (κ3) is 2.89. The Hall–Kier alpha value is -1.06. The fraction of sp³-hybridized carbons (Fsp3) is 0.611. The number of carbonyl (C=O) groups excluding carboxylic acids is 1. The number of nitrogens with one attached hydrogen (secondary N) is 1. The highest BCUT2D eigenvalue weighted by Crippen LogP contribution is 2.39. The highest BCUT2D eigenvalue weighted by molar-refractivity contribution is 6.30. The van der Waals surface area contributed by atoms with Gasteiger partial charge in [-0.1, -0.05) is 18.0 Å². The van der Waals surface area contributed by atoms with Crippen molar-refractivity contribution in [3.8, 4) is 0 Å². The number of piperidine rings is 1. The van der Waals surface area contributed by atoms with E-state index in [1.54, 1.807) is 12.1 Å². The summed E-state index contributed by atoms with van der Waals surface area (Å²) in [5.74, 6) is 1.31. The summed E-state index contributed by atoms with van der Waals surface area (Å²) in [5.41, 5.74) is 0.715. The smallest absolute Gasteiger partial charge is 0.251 e. The van der Waals surface area contributed by atoms with Crippen molar-refractivity contribution in [2.75, 3.05) is 13.1 Å². The van der Waals surface area contributed by atoms with E-state index in [2.05, 4.69) is 10.2 Å². The van der Waals surface area contributed by atoms with E-state index in [0.717, 1.165) is 6.04 Å². The summed E-state index contributed by atoms with van der Waals surface area (Å²) in [5, 5.41) is 4.00. The fourth-order valence-corrected chi connectivity index (χ4v) is 4.41. The number of hydrogen-bond acceptors (Lipinski definition) is 2. The maximum Gasteiger partial charge on any atom is 0.251 e. The van der Waals surface area contributed by atoms with Gasteiger partial charge >= 0.3 is 0 Å². The average Bonchev–Trinajstić information content (AvgIpc) is 3.32. The van der Waals surface area contributed by atoms with Crippen LogP contribution in [0, 0.1) is 11.8 Å². The minimum Gasteiger partial charge on any atom is -0.349 e. The van der Waals surface area contributed by atoms with Crippen molar-refractivity contribution in [3.63, 3.8) is 0 Å². The topological polar surface area (TPSA) is 32.3 Å². The normalized spacial score (nSPS) is 31.8. The molecular formula is C18H23ClN2O. The van der Waals surface area contributed by atoms with E-state index in [9.17, 15) is 4.79 Å². The predicted molar refractivity (Wildman–Crippen MR) is 88.1 cm³/mol. The number of hydrogen-bond donors (Lipinski definition) is 1. The Labute approximate surface area is 137 Å². The molecule has 1 unspecified atom stereocenters.